The highest BCUT2D eigenvalue weighted by atomic mass is 19.4. The molecule has 0 aliphatic heterocycles. The fourth-order valence-electron chi connectivity index (χ4n) is 1.61. The van der Waals surface area contributed by atoms with Gasteiger partial charge < -0.3 is 9.30 Å². The monoisotopic (exact) mass is 290 g/mol. The average molecular weight is 290 g/mol. The minimum Gasteiger partial charge on any atom is -0.384 e. The summed E-state index contributed by atoms with van der Waals surface area (Å²) in [6.07, 6.45) is -1.19. The van der Waals surface area contributed by atoms with Gasteiger partial charge in [-0.2, -0.15) is 18.3 Å². The molecule has 0 N–H and O–H groups in total. The topological polar surface area (TPSA) is 70.7 Å². The zero-order valence-electron chi connectivity index (χ0n) is 10.7. The van der Waals surface area contributed by atoms with Crippen LogP contribution >= 0.6 is 0 Å². The summed E-state index contributed by atoms with van der Waals surface area (Å²) >= 11 is 0. The molecule has 2 rings (SSSR count). The number of halogens is 3. The van der Waals surface area contributed by atoms with Crippen LogP contribution in [0.25, 0.3) is 0 Å². The van der Waals surface area contributed by atoms with Gasteiger partial charge >= 0.3 is 6.18 Å². The number of alkyl halides is 3. The molecule has 0 aliphatic carbocycles. The molecule has 0 bridgehead atoms. The highest BCUT2D eigenvalue weighted by molar-refractivity contribution is 4.95. The van der Waals surface area contributed by atoms with Crippen LogP contribution in [0, 0.1) is 0 Å². The fraction of sp³-hybridized carbons (Fsp3) is 0.600. The third-order valence-corrected chi connectivity index (χ3v) is 2.44. The Morgan fingerprint density at radius 1 is 1.25 bits per heavy atom. The zero-order valence-corrected chi connectivity index (χ0v) is 10.7. The molecule has 0 fully saturated rings. The molecule has 7 nitrogen and oxygen atoms in total. The van der Waals surface area contributed by atoms with E-state index in [1.54, 1.807) is 0 Å². The molecule has 0 spiro atoms. The van der Waals surface area contributed by atoms with Gasteiger partial charge in [0, 0.05) is 13.5 Å². The second kappa shape index (κ2) is 5.99. The van der Waals surface area contributed by atoms with Crippen LogP contribution in [0.5, 0.6) is 0 Å². The van der Waals surface area contributed by atoms with Crippen molar-refractivity contribution in [3.05, 3.63) is 24.3 Å². The number of aromatic nitrogens is 6. The second-order valence-electron chi connectivity index (χ2n) is 4.09. The predicted octanol–water partition coefficient (Wildman–Crippen LogP) is 0.669. The third-order valence-electron chi connectivity index (χ3n) is 2.44. The molecule has 110 valence electrons. The van der Waals surface area contributed by atoms with Crippen LogP contribution in [0.2, 0.25) is 0 Å². The maximum Gasteiger partial charge on any atom is 0.408 e. The summed E-state index contributed by atoms with van der Waals surface area (Å²) in [7, 11) is 1.50. The van der Waals surface area contributed by atoms with Crippen molar-refractivity contribution in [2.75, 3.05) is 13.7 Å². The lowest BCUT2D eigenvalue weighted by Gasteiger charge is -2.08. The lowest BCUT2D eigenvalue weighted by atomic mass is 10.4. The minimum absolute atomic E-state index is 0.128. The molecular formula is C10H13F3N6O. The van der Waals surface area contributed by atoms with Crippen molar-refractivity contribution in [3.63, 3.8) is 0 Å². The Hall–Kier alpha value is -1.97. The molecule has 0 saturated carbocycles. The van der Waals surface area contributed by atoms with E-state index in [1.807, 2.05) is 0 Å². The molecule has 0 unspecified atom stereocenters. The molecule has 2 aromatic heterocycles. The molecule has 0 saturated heterocycles. The summed E-state index contributed by atoms with van der Waals surface area (Å²) in [5, 5.41) is 11.0. The largest absolute Gasteiger partial charge is 0.408 e. The van der Waals surface area contributed by atoms with E-state index in [-0.39, 0.29) is 12.4 Å². The molecule has 2 heterocycles. The molecule has 20 heavy (non-hydrogen) atoms. The van der Waals surface area contributed by atoms with Gasteiger partial charge in [0.25, 0.3) is 0 Å². The van der Waals surface area contributed by atoms with Crippen LogP contribution in [0.15, 0.2) is 12.7 Å². The van der Waals surface area contributed by atoms with Crippen LogP contribution in [0.1, 0.15) is 11.6 Å². The number of hydrogen-bond donors (Lipinski definition) is 0. The van der Waals surface area contributed by atoms with E-state index >= 15 is 0 Å². The van der Waals surface area contributed by atoms with Crippen LogP contribution in [-0.2, 0) is 24.2 Å². The number of hydrogen-bond acceptors (Lipinski definition) is 5. The van der Waals surface area contributed by atoms with Gasteiger partial charge in [-0.05, 0) is 0 Å². The smallest absolute Gasteiger partial charge is 0.384 e. The summed E-state index contributed by atoms with van der Waals surface area (Å²) in [5.41, 5.74) is 0. The van der Waals surface area contributed by atoms with Crippen molar-refractivity contribution >= 4 is 0 Å². The van der Waals surface area contributed by atoms with Crippen molar-refractivity contribution in [2.45, 2.75) is 25.7 Å². The molecule has 0 atom stereocenters. The van der Waals surface area contributed by atoms with E-state index in [2.05, 4.69) is 20.3 Å². The Morgan fingerprint density at radius 3 is 2.55 bits per heavy atom. The van der Waals surface area contributed by atoms with E-state index in [4.69, 9.17) is 4.74 Å². The van der Waals surface area contributed by atoms with Gasteiger partial charge in [-0.1, -0.05) is 0 Å². The van der Waals surface area contributed by atoms with Crippen molar-refractivity contribution in [2.24, 2.45) is 0 Å². The summed E-state index contributed by atoms with van der Waals surface area (Å²) in [4.78, 5) is 4.10. The molecule has 2 aromatic rings. The quantitative estimate of drug-likeness (QED) is 0.782. The first-order valence-electron chi connectivity index (χ1n) is 5.78. The summed E-state index contributed by atoms with van der Waals surface area (Å²) in [6, 6.07) is 0. The molecule has 0 radical (unpaired) electrons. The van der Waals surface area contributed by atoms with Gasteiger partial charge in [0.05, 0.1) is 13.2 Å². The third kappa shape index (κ3) is 4.02. The molecule has 10 heteroatoms. The van der Waals surface area contributed by atoms with E-state index < -0.39 is 12.7 Å². The zero-order chi connectivity index (χ0) is 14.6. The number of rotatable bonds is 6. The SMILES string of the molecule is COCCc1nc(Cn2cnnc2)n(CC(F)(F)F)n1. The van der Waals surface area contributed by atoms with Crippen molar-refractivity contribution in [1.82, 2.24) is 29.5 Å². The van der Waals surface area contributed by atoms with Gasteiger partial charge in [-0.15, -0.1) is 10.2 Å². The van der Waals surface area contributed by atoms with Gasteiger partial charge in [0.1, 0.15) is 25.0 Å². The van der Waals surface area contributed by atoms with Crippen molar-refractivity contribution in [1.29, 1.82) is 0 Å². The van der Waals surface area contributed by atoms with Crippen LogP contribution in [0.3, 0.4) is 0 Å². The Bertz CT molecular complexity index is 536. The van der Waals surface area contributed by atoms with Gasteiger partial charge in [0.2, 0.25) is 0 Å². The Morgan fingerprint density at radius 2 is 1.95 bits per heavy atom. The average Bonchev–Trinajstić information content (AvgIpc) is 2.96. The Kier molecular flexibility index (Phi) is 4.32. The first-order chi connectivity index (χ1) is 9.48. The van der Waals surface area contributed by atoms with Crippen molar-refractivity contribution < 1.29 is 17.9 Å². The van der Waals surface area contributed by atoms with Gasteiger partial charge in [-0.25, -0.2) is 9.67 Å². The molecule has 0 aromatic carbocycles. The van der Waals surface area contributed by atoms with E-state index in [1.165, 1.54) is 24.3 Å². The lowest BCUT2D eigenvalue weighted by Crippen LogP contribution is -2.21. The fourth-order valence-corrected chi connectivity index (χ4v) is 1.61. The lowest BCUT2D eigenvalue weighted by molar-refractivity contribution is -0.143. The normalized spacial score (nSPS) is 12.0. The molecule has 0 aliphatic rings. The molecule has 0 amide bonds. The number of nitrogens with zero attached hydrogens (tertiary/aromatic N) is 6. The Balaban J connectivity index is 2.19. The van der Waals surface area contributed by atoms with E-state index in [0.717, 1.165) is 4.68 Å². The maximum absolute atomic E-state index is 12.5. The van der Waals surface area contributed by atoms with Crippen LogP contribution in [0.4, 0.5) is 13.2 Å². The number of ether oxygens (including phenoxy) is 1. The highest BCUT2D eigenvalue weighted by Crippen LogP contribution is 2.18. The standard InChI is InChI=1S/C10H13F3N6O/c1-20-3-2-8-16-9(4-18-6-14-15-7-18)19(17-8)5-10(11,12)13/h6-7H,2-5H2,1H3. The number of methoxy groups -OCH3 is 1. The first kappa shape index (κ1) is 14.4. The van der Waals surface area contributed by atoms with E-state index in [9.17, 15) is 13.2 Å². The summed E-state index contributed by atoms with van der Waals surface area (Å²) in [6.45, 7) is -0.699. The molecular weight excluding hydrogens is 277 g/mol. The summed E-state index contributed by atoms with van der Waals surface area (Å²) < 4.78 is 44.8. The van der Waals surface area contributed by atoms with Crippen LogP contribution < -0.4 is 0 Å². The van der Waals surface area contributed by atoms with Gasteiger partial charge in [-0.3, -0.25) is 0 Å². The first-order valence-corrected chi connectivity index (χ1v) is 5.78. The Labute approximate surface area is 112 Å². The highest BCUT2D eigenvalue weighted by Gasteiger charge is 2.30. The maximum atomic E-state index is 12.5. The van der Waals surface area contributed by atoms with Crippen molar-refractivity contribution in [3.8, 4) is 0 Å². The summed E-state index contributed by atoms with van der Waals surface area (Å²) in [5.74, 6) is 0.521. The minimum atomic E-state index is -4.35. The van der Waals surface area contributed by atoms with Gasteiger partial charge in [0.15, 0.2) is 5.82 Å². The predicted molar refractivity (Wildman–Crippen MR) is 60.8 cm³/mol. The second-order valence-corrected chi connectivity index (χ2v) is 4.09. The van der Waals surface area contributed by atoms with Crippen LogP contribution in [-0.4, -0.2) is 49.4 Å². The van der Waals surface area contributed by atoms with E-state index in [0.29, 0.717) is 18.9 Å².